The summed E-state index contributed by atoms with van der Waals surface area (Å²) in [6, 6.07) is 7.98. The number of hydrogen-bond donors (Lipinski definition) is 1. The van der Waals surface area contributed by atoms with Gasteiger partial charge in [-0.15, -0.1) is 0 Å². The molecule has 1 N–H and O–H groups in total. The van der Waals surface area contributed by atoms with Gasteiger partial charge in [-0.1, -0.05) is 19.1 Å². The van der Waals surface area contributed by atoms with Gasteiger partial charge in [-0.2, -0.15) is 0 Å². The fraction of sp³-hybridized carbons (Fsp3) is 0.579. The number of nitrogens with zero attached hydrogens (tertiary/aromatic N) is 2. The molecule has 6 nitrogen and oxygen atoms in total. The molecule has 0 bridgehead atoms. The van der Waals surface area contributed by atoms with E-state index in [0.717, 1.165) is 24.8 Å². The molecule has 1 aromatic carbocycles. The van der Waals surface area contributed by atoms with E-state index in [0.29, 0.717) is 39.4 Å². The third-order valence-corrected chi connectivity index (χ3v) is 5.01. The van der Waals surface area contributed by atoms with E-state index >= 15 is 0 Å². The third-order valence-electron chi connectivity index (χ3n) is 5.01. The number of rotatable bonds is 3. The monoisotopic (exact) mass is 345 g/mol. The first-order valence-electron chi connectivity index (χ1n) is 9.18. The number of urea groups is 1. The van der Waals surface area contributed by atoms with Crippen molar-refractivity contribution in [3.8, 4) is 0 Å². The minimum atomic E-state index is -0.0219. The van der Waals surface area contributed by atoms with Gasteiger partial charge in [-0.25, -0.2) is 4.79 Å². The summed E-state index contributed by atoms with van der Waals surface area (Å²) in [5.74, 6) is 0.0483. The topological polar surface area (TPSA) is 61.9 Å². The molecule has 3 rings (SSSR count). The quantitative estimate of drug-likeness (QED) is 0.910. The summed E-state index contributed by atoms with van der Waals surface area (Å²) in [6.45, 7) is 5.84. The van der Waals surface area contributed by atoms with Crippen LogP contribution in [-0.4, -0.2) is 67.2 Å². The number of aryl methyl sites for hydroxylation is 1. The number of nitrogens with one attached hydrogen (secondary N) is 1. The first-order valence-corrected chi connectivity index (χ1v) is 9.18. The maximum Gasteiger partial charge on any atom is 0.317 e. The van der Waals surface area contributed by atoms with Gasteiger partial charge in [0.15, 0.2) is 0 Å². The van der Waals surface area contributed by atoms with Gasteiger partial charge in [0, 0.05) is 51.0 Å². The molecule has 3 amide bonds. The van der Waals surface area contributed by atoms with Crippen LogP contribution in [0.1, 0.15) is 35.7 Å². The summed E-state index contributed by atoms with van der Waals surface area (Å²) in [4.78, 5) is 28.6. The van der Waals surface area contributed by atoms with E-state index in [1.54, 1.807) is 4.90 Å². The molecule has 136 valence electrons. The van der Waals surface area contributed by atoms with Crippen molar-refractivity contribution in [2.45, 2.75) is 32.2 Å². The van der Waals surface area contributed by atoms with Crippen molar-refractivity contribution in [3.63, 3.8) is 0 Å². The Morgan fingerprint density at radius 3 is 2.24 bits per heavy atom. The van der Waals surface area contributed by atoms with Gasteiger partial charge in [-0.05, 0) is 37.0 Å². The Morgan fingerprint density at radius 2 is 1.64 bits per heavy atom. The lowest BCUT2D eigenvalue weighted by Crippen LogP contribution is -2.55. The maximum absolute atomic E-state index is 12.6. The first-order chi connectivity index (χ1) is 12.2. The minimum absolute atomic E-state index is 0.0219. The van der Waals surface area contributed by atoms with Crippen molar-refractivity contribution in [1.82, 2.24) is 15.1 Å². The zero-order valence-electron chi connectivity index (χ0n) is 14.9. The molecular weight excluding hydrogens is 318 g/mol. The normalized spacial score (nSPS) is 18.9. The number of piperazine rings is 1. The fourth-order valence-electron chi connectivity index (χ4n) is 3.29. The van der Waals surface area contributed by atoms with Crippen molar-refractivity contribution < 1.29 is 14.3 Å². The lowest BCUT2D eigenvalue weighted by atomic mass is 10.1. The molecule has 0 unspecified atom stereocenters. The van der Waals surface area contributed by atoms with E-state index in [9.17, 15) is 9.59 Å². The van der Waals surface area contributed by atoms with Gasteiger partial charge in [-0.3, -0.25) is 4.79 Å². The van der Waals surface area contributed by atoms with E-state index in [-0.39, 0.29) is 18.0 Å². The van der Waals surface area contributed by atoms with Gasteiger partial charge in [0.25, 0.3) is 5.91 Å². The van der Waals surface area contributed by atoms with Crippen molar-refractivity contribution >= 4 is 11.9 Å². The van der Waals surface area contributed by atoms with Crippen LogP contribution in [0.3, 0.4) is 0 Å². The second-order valence-corrected chi connectivity index (χ2v) is 6.67. The summed E-state index contributed by atoms with van der Waals surface area (Å²) >= 11 is 0. The molecule has 2 saturated heterocycles. The average Bonchev–Trinajstić information content (AvgIpc) is 2.68. The SMILES string of the molecule is CCc1ccc(C(=O)N2CCN(C(=O)NC3CCOCC3)CC2)cc1. The highest BCUT2D eigenvalue weighted by Crippen LogP contribution is 2.12. The predicted molar refractivity (Wildman–Crippen MR) is 95.7 cm³/mol. The standard InChI is InChI=1S/C19H27N3O3/c1-2-15-3-5-16(6-4-15)18(23)21-9-11-22(12-10-21)19(24)20-17-7-13-25-14-8-17/h3-6,17H,2,7-14H2,1H3,(H,20,24). The second-order valence-electron chi connectivity index (χ2n) is 6.67. The highest BCUT2D eigenvalue weighted by Gasteiger charge is 2.26. The Bertz CT molecular complexity index is 588. The largest absolute Gasteiger partial charge is 0.381 e. The van der Waals surface area contributed by atoms with Crippen LogP contribution in [0.5, 0.6) is 0 Å². The number of carbonyl (C=O) groups excluding carboxylic acids is 2. The molecule has 0 atom stereocenters. The molecule has 2 fully saturated rings. The molecule has 1 aromatic rings. The van der Waals surface area contributed by atoms with Crippen LogP contribution in [-0.2, 0) is 11.2 Å². The number of carbonyl (C=O) groups is 2. The van der Waals surface area contributed by atoms with E-state index < -0.39 is 0 Å². The smallest absolute Gasteiger partial charge is 0.317 e. The number of amides is 3. The average molecular weight is 345 g/mol. The zero-order chi connectivity index (χ0) is 17.6. The lowest BCUT2D eigenvalue weighted by molar-refractivity contribution is 0.0638. The summed E-state index contributed by atoms with van der Waals surface area (Å²) in [7, 11) is 0. The van der Waals surface area contributed by atoms with Crippen LogP contribution in [0, 0.1) is 0 Å². The molecule has 0 aromatic heterocycles. The summed E-state index contributed by atoms with van der Waals surface area (Å²) in [5.41, 5.74) is 1.95. The van der Waals surface area contributed by atoms with Gasteiger partial charge in [0.1, 0.15) is 0 Å². The lowest BCUT2D eigenvalue weighted by Gasteiger charge is -2.36. The Hall–Kier alpha value is -2.08. The molecule has 0 saturated carbocycles. The van der Waals surface area contributed by atoms with E-state index in [1.807, 2.05) is 29.2 Å². The molecule has 0 spiro atoms. The van der Waals surface area contributed by atoms with Crippen molar-refractivity contribution in [2.75, 3.05) is 39.4 Å². The zero-order valence-corrected chi connectivity index (χ0v) is 14.9. The molecule has 2 aliphatic rings. The Morgan fingerprint density at radius 1 is 1.04 bits per heavy atom. The highest BCUT2D eigenvalue weighted by atomic mass is 16.5. The number of hydrogen-bond acceptors (Lipinski definition) is 3. The van der Waals surface area contributed by atoms with Gasteiger partial charge in [0.05, 0.1) is 0 Å². The molecule has 0 radical (unpaired) electrons. The molecule has 2 aliphatic heterocycles. The minimum Gasteiger partial charge on any atom is -0.381 e. The first kappa shape index (κ1) is 17.7. The Kier molecular flexibility index (Phi) is 5.91. The van der Waals surface area contributed by atoms with Gasteiger partial charge in [0.2, 0.25) is 0 Å². The van der Waals surface area contributed by atoms with Crippen LogP contribution in [0.25, 0.3) is 0 Å². The summed E-state index contributed by atoms with van der Waals surface area (Å²) in [5, 5.41) is 3.08. The molecular formula is C19H27N3O3. The van der Waals surface area contributed by atoms with Crippen molar-refractivity contribution in [2.24, 2.45) is 0 Å². The fourth-order valence-corrected chi connectivity index (χ4v) is 3.29. The third kappa shape index (κ3) is 4.51. The molecule has 0 aliphatic carbocycles. The maximum atomic E-state index is 12.6. The molecule has 25 heavy (non-hydrogen) atoms. The summed E-state index contributed by atoms with van der Waals surface area (Å²) in [6.07, 6.45) is 2.71. The van der Waals surface area contributed by atoms with Crippen molar-refractivity contribution in [1.29, 1.82) is 0 Å². The summed E-state index contributed by atoms with van der Waals surface area (Å²) < 4.78 is 5.31. The number of ether oxygens (including phenoxy) is 1. The van der Waals surface area contributed by atoms with Gasteiger partial charge < -0.3 is 19.9 Å². The van der Waals surface area contributed by atoms with Crippen LogP contribution in [0.2, 0.25) is 0 Å². The molecule has 2 heterocycles. The van der Waals surface area contributed by atoms with E-state index in [1.165, 1.54) is 5.56 Å². The highest BCUT2D eigenvalue weighted by molar-refractivity contribution is 5.94. The van der Waals surface area contributed by atoms with Crippen LogP contribution >= 0.6 is 0 Å². The van der Waals surface area contributed by atoms with Crippen LogP contribution in [0.4, 0.5) is 4.79 Å². The van der Waals surface area contributed by atoms with E-state index in [4.69, 9.17) is 4.74 Å². The Labute approximate surface area is 149 Å². The van der Waals surface area contributed by atoms with Gasteiger partial charge >= 0.3 is 6.03 Å². The number of benzene rings is 1. The second kappa shape index (κ2) is 8.34. The van der Waals surface area contributed by atoms with E-state index in [2.05, 4.69) is 12.2 Å². The Balaban J connectivity index is 1.48. The van der Waals surface area contributed by atoms with Crippen molar-refractivity contribution in [3.05, 3.63) is 35.4 Å². The van der Waals surface area contributed by atoms with Crippen LogP contribution in [0.15, 0.2) is 24.3 Å². The van der Waals surface area contributed by atoms with Crippen LogP contribution < -0.4 is 5.32 Å². The molecule has 6 heteroatoms. The predicted octanol–water partition coefficient (Wildman–Crippen LogP) is 1.90.